The Labute approximate surface area is 124 Å². The Morgan fingerprint density at radius 2 is 1.95 bits per heavy atom. The second-order valence-electron chi connectivity index (χ2n) is 5.13. The van der Waals surface area contributed by atoms with Crippen molar-refractivity contribution in [2.45, 2.75) is 40.0 Å². The molecule has 1 N–H and O–H groups in total. The number of benzene rings is 1. The van der Waals surface area contributed by atoms with Crippen molar-refractivity contribution >= 4 is 11.6 Å². The van der Waals surface area contributed by atoms with E-state index in [1.165, 1.54) is 0 Å². The summed E-state index contributed by atoms with van der Waals surface area (Å²) >= 11 is 6.12. The lowest BCUT2D eigenvalue weighted by Gasteiger charge is -2.07. The molecule has 1 heterocycles. The van der Waals surface area contributed by atoms with Crippen molar-refractivity contribution in [2.75, 3.05) is 0 Å². The first-order chi connectivity index (χ1) is 9.54. The molecule has 108 valence electrons. The summed E-state index contributed by atoms with van der Waals surface area (Å²) in [5.74, 6) is 2.38. The molecule has 3 nitrogen and oxygen atoms in total. The molecule has 0 aliphatic heterocycles. The second-order valence-corrected chi connectivity index (χ2v) is 5.53. The largest absolute Gasteiger partial charge is 0.484 e. The summed E-state index contributed by atoms with van der Waals surface area (Å²) in [6, 6.07) is 10.1. The Balaban J connectivity index is 1.90. The third-order valence-electron chi connectivity index (χ3n) is 2.86. The van der Waals surface area contributed by atoms with Gasteiger partial charge in [0.1, 0.15) is 23.9 Å². The molecule has 0 aliphatic rings. The van der Waals surface area contributed by atoms with Crippen LogP contribution in [0, 0.1) is 6.92 Å². The molecule has 0 atom stereocenters. The third-order valence-corrected chi connectivity index (χ3v) is 3.15. The highest BCUT2D eigenvalue weighted by Crippen LogP contribution is 2.26. The van der Waals surface area contributed by atoms with E-state index in [4.69, 9.17) is 20.8 Å². The molecule has 0 radical (unpaired) electrons. The highest BCUT2D eigenvalue weighted by molar-refractivity contribution is 6.32. The molecule has 0 amide bonds. The Morgan fingerprint density at radius 3 is 2.65 bits per heavy atom. The Kier molecular flexibility index (Phi) is 5.10. The molecule has 0 spiro atoms. The molecule has 0 saturated carbocycles. The summed E-state index contributed by atoms with van der Waals surface area (Å²) in [5.41, 5.74) is 1.11. The number of nitrogens with one attached hydrogen (secondary N) is 1. The van der Waals surface area contributed by atoms with Crippen molar-refractivity contribution in [3.63, 3.8) is 0 Å². The molecule has 0 aliphatic carbocycles. The van der Waals surface area contributed by atoms with Gasteiger partial charge in [-0.25, -0.2) is 0 Å². The number of halogens is 1. The lowest BCUT2D eigenvalue weighted by atomic mass is 10.2. The molecule has 0 unspecified atom stereocenters. The first-order valence-corrected chi connectivity index (χ1v) is 7.12. The zero-order valence-electron chi connectivity index (χ0n) is 12.1. The summed E-state index contributed by atoms with van der Waals surface area (Å²) in [4.78, 5) is 0. The maximum absolute atomic E-state index is 6.12. The maximum atomic E-state index is 6.12. The topological polar surface area (TPSA) is 34.4 Å². The van der Waals surface area contributed by atoms with E-state index in [0.717, 1.165) is 23.6 Å². The molecular formula is C16H20ClNO2. The highest BCUT2D eigenvalue weighted by Gasteiger charge is 2.06. The second kappa shape index (κ2) is 6.82. The van der Waals surface area contributed by atoms with E-state index in [9.17, 15) is 0 Å². The SMILES string of the molecule is Cc1ccc(OCc2ccc(CNC(C)C)o2)c(Cl)c1. The number of hydrogen-bond acceptors (Lipinski definition) is 3. The van der Waals surface area contributed by atoms with Gasteiger partial charge in [-0.2, -0.15) is 0 Å². The zero-order valence-corrected chi connectivity index (χ0v) is 12.8. The van der Waals surface area contributed by atoms with E-state index in [1.54, 1.807) is 0 Å². The minimum absolute atomic E-state index is 0.379. The Hall–Kier alpha value is -1.45. The van der Waals surface area contributed by atoms with Gasteiger partial charge in [0.05, 0.1) is 11.6 Å². The smallest absolute Gasteiger partial charge is 0.146 e. The monoisotopic (exact) mass is 293 g/mol. The number of hydrogen-bond donors (Lipinski definition) is 1. The molecule has 20 heavy (non-hydrogen) atoms. The van der Waals surface area contributed by atoms with Crippen LogP contribution in [-0.2, 0) is 13.2 Å². The van der Waals surface area contributed by atoms with Crippen molar-refractivity contribution in [1.29, 1.82) is 0 Å². The Bertz CT molecular complexity index is 563. The van der Waals surface area contributed by atoms with Crippen molar-refractivity contribution in [2.24, 2.45) is 0 Å². The fraction of sp³-hybridized carbons (Fsp3) is 0.375. The van der Waals surface area contributed by atoms with Crippen LogP contribution in [0.15, 0.2) is 34.7 Å². The van der Waals surface area contributed by atoms with Gasteiger partial charge in [0.15, 0.2) is 0 Å². The minimum atomic E-state index is 0.379. The van der Waals surface area contributed by atoms with Crippen LogP contribution in [0.4, 0.5) is 0 Å². The average Bonchev–Trinajstić information content (AvgIpc) is 2.83. The minimum Gasteiger partial charge on any atom is -0.484 e. The van der Waals surface area contributed by atoms with Crippen LogP contribution in [0.5, 0.6) is 5.75 Å². The summed E-state index contributed by atoms with van der Waals surface area (Å²) in [6.45, 7) is 7.31. The number of rotatable bonds is 6. The lowest BCUT2D eigenvalue weighted by Crippen LogP contribution is -2.21. The van der Waals surface area contributed by atoms with E-state index in [-0.39, 0.29) is 0 Å². The number of furan rings is 1. The van der Waals surface area contributed by atoms with Gasteiger partial charge in [0.25, 0.3) is 0 Å². The standard InChI is InChI=1S/C16H20ClNO2/c1-11(2)18-9-13-5-6-14(20-13)10-19-16-7-4-12(3)8-15(16)17/h4-8,11,18H,9-10H2,1-3H3. The van der Waals surface area contributed by atoms with Gasteiger partial charge < -0.3 is 14.5 Å². The van der Waals surface area contributed by atoms with Crippen LogP contribution in [0.1, 0.15) is 30.9 Å². The summed E-state index contributed by atoms with van der Waals surface area (Å²) in [7, 11) is 0. The van der Waals surface area contributed by atoms with Crippen molar-refractivity contribution in [1.82, 2.24) is 5.32 Å². The first-order valence-electron chi connectivity index (χ1n) is 6.74. The van der Waals surface area contributed by atoms with Gasteiger partial charge in [0, 0.05) is 6.04 Å². The highest BCUT2D eigenvalue weighted by atomic mass is 35.5. The van der Waals surface area contributed by atoms with Gasteiger partial charge in [-0.15, -0.1) is 0 Å². The molecule has 2 rings (SSSR count). The van der Waals surface area contributed by atoms with Gasteiger partial charge in [-0.1, -0.05) is 31.5 Å². The van der Waals surface area contributed by atoms with Crippen LogP contribution in [0.3, 0.4) is 0 Å². The number of ether oxygens (including phenoxy) is 1. The van der Waals surface area contributed by atoms with E-state index < -0.39 is 0 Å². The quantitative estimate of drug-likeness (QED) is 0.861. The lowest BCUT2D eigenvalue weighted by molar-refractivity contribution is 0.265. The van der Waals surface area contributed by atoms with E-state index in [0.29, 0.717) is 23.4 Å². The van der Waals surface area contributed by atoms with E-state index >= 15 is 0 Å². The van der Waals surface area contributed by atoms with E-state index in [1.807, 2.05) is 37.3 Å². The van der Waals surface area contributed by atoms with Gasteiger partial charge >= 0.3 is 0 Å². The van der Waals surface area contributed by atoms with Crippen molar-refractivity contribution < 1.29 is 9.15 Å². The molecule has 4 heteroatoms. The average molecular weight is 294 g/mol. The summed E-state index contributed by atoms with van der Waals surface area (Å²) < 4.78 is 11.4. The summed E-state index contributed by atoms with van der Waals surface area (Å²) in [5, 5.41) is 3.93. The van der Waals surface area contributed by atoms with Gasteiger partial charge in [-0.3, -0.25) is 0 Å². The Morgan fingerprint density at radius 1 is 1.20 bits per heavy atom. The predicted octanol–water partition coefficient (Wildman–Crippen LogP) is 4.32. The van der Waals surface area contributed by atoms with Crippen LogP contribution < -0.4 is 10.1 Å². The molecule has 1 aromatic carbocycles. The van der Waals surface area contributed by atoms with Crippen molar-refractivity contribution in [3.05, 3.63) is 52.4 Å². The van der Waals surface area contributed by atoms with Crippen LogP contribution in [-0.4, -0.2) is 6.04 Å². The third kappa shape index (κ3) is 4.29. The predicted molar refractivity (Wildman–Crippen MR) is 81.2 cm³/mol. The molecule has 1 aromatic heterocycles. The molecule has 0 bridgehead atoms. The summed E-state index contributed by atoms with van der Waals surface area (Å²) in [6.07, 6.45) is 0. The molecule has 0 saturated heterocycles. The molecule has 0 fully saturated rings. The zero-order chi connectivity index (χ0) is 14.5. The fourth-order valence-electron chi connectivity index (χ4n) is 1.77. The van der Waals surface area contributed by atoms with Crippen molar-refractivity contribution in [3.8, 4) is 5.75 Å². The molecule has 2 aromatic rings. The number of aryl methyl sites for hydroxylation is 1. The van der Waals surface area contributed by atoms with Gasteiger partial charge in [-0.05, 0) is 36.8 Å². The van der Waals surface area contributed by atoms with E-state index in [2.05, 4.69) is 19.2 Å². The fourth-order valence-corrected chi connectivity index (χ4v) is 2.06. The normalized spacial score (nSPS) is 11.1. The maximum Gasteiger partial charge on any atom is 0.146 e. The van der Waals surface area contributed by atoms with Crippen LogP contribution in [0.25, 0.3) is 0 Å². The van der Waals surface area contributed by atoms with Crippen LogP contribution >= 0.6 is 11.6 Å². The molecular weight excluding hydrogens is 274 g/mol. The van der Waals surface area contributed by atoms with Gasteiger partial charge in [0.2, 0.25) is 0 Å². The first kappa shape index (κ1) is 14.9. The van der Waals surface area contributed by atoms with Crippen LogP contribution in [0.2, 0.25) is 5.02 Å².